The SMILES string of the molecule is CCCCCCCCC(CCCCCC)c1ccc(S(=O)(=O)[O-])cc1.[Na+]. The van der Waals surface area contributed by atoms with Gasteiger partial charge in [-0.2, -0.15) is 0 Å². The quantitative estimate of drug-likeness (QED) is 0.278. The maximum Gasteiger partial charge on any atom is 1.00 e. The Balaban J connectivity index is 0.00000625. The topological polar surface area (TPSA) is 57.2 Å². The Kier molecular flexibility index (Phi) is 15.2. The van der Waals surface area contributed by atoms with E-state index in [-0.39, 0.29) is 34.5 Å². The molecule has 0 heterocycles. The summed E-state index contributed by atoms with van der Waals surface area (Å²) in [6.07, 6.45) is 15.0. The molecule has 144 valence electrons. The second-order valence-corrected chi connectivity index (χ2v) is 8.51. The second kappa shape index (κ2) is 15.1. The summed E-state index contributed by atoms with van der Waals surface area (Å²) < 4.78 is 33.3. The molecule has 26 heavy (non-hydrogen) atoms. The van der Waals surface area contributed by atoms with Gasteiger partial charge in [-0.3, -0.25) is 0 Å². The van der Waals surface area contributed by atoms with Crippen molar-refractivity contribution in [2.75, 3.05) is 0 Å². The standard InChI is InChI=1S/C21H36O3S.Na/c1-3-5-7-9-10-12-14-19(13-11-8-6-4-2)20-15-17-21(18-16-20)25(22,23)24;/h15-19H,3-14H2,1-2H3,(H,22,23,24);/q;+1/p-1. The Bertz CT molecular complexity index is 555. The van der Waals surface area contributed by atoms with E-state index < -0.39 is 10.1 Å². The van der Waals surface area contributed by atoms with Crippen molar-refractivity contribution < 1.29 is 42.5 Å². The van der Waals surface area contributed by atoms with Crippen molar-refractivity contribution >= 4 is 10.1 Å². The first kappa shape index (κ1) is 26.1. The van der Waals surface area contributed by atoms with Gasteiger partial charge in [0.05, 0.1) is 4.90 Å². The molecule has 0 aliphatic heterocycles. The third-order valence-electron chi connectivity index (χ3n) is 4.95. The molecule has 0 saturated heterocycles. The number of rotatable bonds is 14. The van der Waals surface area contributed by atoms with E-state index in [1.54, 1.807) is 0 Å². The fourth-order valence-corrected chi connectivity index (χ4v) is 3.84. The van der Waals surface area contributed by atoms with Crippen molar-refractivity contribution in [2.45, 2.75) is 102 Å². The van der Waals surface area contributed by atoms with E-state index in [0.717, 1.165) is 12.8 Å². The summed E-state index contributed by atoms with van der Waals surface area (Å²) in [6.45, 7) is 4.45. The van der Waals surface area contributed by atoms with Crippen LogP contribution in [0.15, 0.2) is 29.2 Å². The van der Waals surface area contributed by atoms with Crippen LogP contribution in [0.3, 0.4) is 0 Å². The summed E-state index contributed by atoms with van der Waals surface area (Å²) >= 11 is 0. The van der Waals surface area contributed by atoms with Crippen LogP contribution < -0.4 is 29.6 Å². The molecule has 3 nitrogen and oxygen atoms in total. The van der Waals surface area contributed by atoms with E-state index in [4.69, 9.17) is 0 Å². The summed E-state index contributed by atoms with van der Waals surface area (Å²) in [6, 6.07) is 6.62. The first-order valence-corrected chi connectivity index (χ1v) is 11.5. The van der Waals surface area contributed by atoms with Gasteiger partial charge in [-0.05, 0) is 36.5 Å². The number of hydrogen-bond donors (Lipinski definition) is 0. The van der Waals surface area contributed by atoms with Gasteiger partial charge in [-0.1, -0.05) is 90.2 Å². The Morgan fingerprint density at radius 1 is 0.769 bits per heavy atom. The molecule has 0 aliphatic rings. The van der Waals surface area contributed by atoms with Crippen LogP contribution in [-0.2, 0) is 10.1 Å². The van der Waals surface area contributed by atoms with Gasteiger partial charge in [0.15, 0.2) is 0 Å². The Morgan fingerprint density at radius 3 is 1.65 bits per heavy atom. The predicted molar refractivity (Wildman–Crippen MR) is 104 cm³/mol. The zero-order chi connectivity index (χ0) is 18.5. The molecule has 1 aromatic rings. The molecule has 0 saturated carbocycles. The molecular formula is C21H35NaO3S. The molecule has 0 spiro atoms. The Labute approximate surface area is 183 Å². The summed E-state index contributed by atoms with van der Waals surface area (Å²) in [5, 5.41) is 0. The summed E-state index contributed by atoms with van der Waals surface area (Å²) in [4.78, 5) is -0.124. The van der Waals surface area contributed by atoms with Gasteiger partial charge in [0.1, 0.15) is 10.1 Å². The van der Waals surface area contributed by atoms with Crippen molar-refractivity contribution in [3.8, 4) is 0 Å². The molecule has 0 N–H and O–H groups in total. The van der Waals surface area contributed by atoms with Gasteiger partial charge in [-0.25, -0.2) is 8.42 Å². The average molecular weight is 391 g/mol. The molecular weight excluding hydrogens is 355 g/mol. The predicted octanol–water partition coefficient (Wildman–Crippen LogP) is 3.40. The van der Waals surface area contributed by atoms with Crippen molar-refractivity contribution in [3.63, 3.8) is 0 Å². The molecule has 0 fully saturated rings. The molecule has 0 amide bonds. The number of benzene rings is 1. The van der Waals surface area contributed by atoms with Gasteiger partial charge in [0, 0.05) is 0 Å². The van der Waals surface area contributed by atoms with E-state index in [2.05, 4.69) is 13.8 Å². The van der Waals surface area contributed by atoms with Crippen LogP contribution in [0.5, 0.6) is 0 Å². The normalized spacial score (nSPS) is 12.6. The number of unbranched alkanes of at least 4 members (excludes halogenated alkanes) is 8. The molecule has 1 aromatic carbocycles. The van der Waals surface area contributed by atoms with Gasteiger partial charge in [0.25, 0.3) is 0 Å². The minimum absolute atomic E-state index is 0. The van der Waals surface area contributed by atoms with Crippen LogP contribution in [0.4, 0.5) is 0 Å². The fraction of sp³-hybridized carbons (Fsp3) is 0.714. The second-order valence-electron chi connectivity index (χ2n) is 7.13. The summed E-state index contributed by atoms with van der Waals surface area (Å²) in [5.74, 6) is 0.478. The van der Waals surface area contributed by atoms with Crippen LogP contribution in [-0.4, -0.2) is 13.0 Å². The number of hydrogen-bond acceptors (Lipinski definition) is 3. The van der Waals surface area contributed by atoms with Crippen molar-refractivity contribution in [2.24, 2.45) is 0 Å². The van der Waals surface area contributed by atoms with Crippen molar-refractivity contribution in [1.29, 1.82) is 0 Å². The van der Waals surface area contributed by atoms with Gasteiger partial charge >= 0.3 is 29.6 Å². The van der Waals surface area contributed by atoms with Crippen LogP contribution in [0.1, 0.15) is 102 Å². The third-order valence-corrected chi connectivity index (χ3v) is 5.80. The maximum absolute atomic E-state index is 11.1. The molecule has 0 aliphatic carbocycles. The Morgan fingerprint density at radius 2 is 1.19 bits per heavy atom. The van der Waals surface area contributed by atoms with E-state index in [1.165, 1.54) is 81.9 Å². The summed E-state index contributed by atoms with van der Waals surface area (Å²) in [7, 11) is -4.35. The van der Waals surface area contributed by atoms with Gasteiger partial charge in [0.2, 0.25) is 0 Å². The monoisotopic (exact) mass is 390 g/mol. The van der Waals surface area contributed by atoms with Gasteiger partial charge in [-0.15, -0.1) is 0 Å². The van der Waals surface area contributed by atoms with Gasteiger partial charge < -0.3 is 4.55 Å². The van der Waals surface area contributed by atoms with Crippen molar-refractivity contribution in [3.05, 3.63) is 29.8 Å². The minimum Gasteiger partial charge on any atom is -0.744 e. The molecule has 5 heteroatoms. The van der Waals surface area contributed by atoms with Crippen LogP contribution in [0.25, 0.3) is 0 Å². The average Bonchev–Trinajstić information content (AvgIpc) is 2.59. The van der Waals surface area contributed by atoms with Crippen molar-refractivity contribution in [1.82, 2.24) is 0 Å². The van der Waals surface area contributed by atoms with E-state index >= 15 is 0 Å². The maximum atomic E-state index is 11.1. The molecule has 0 radical (unpaired) electrons. The van der Waals surface area contributed by atoms with Crippen LogP contribution in [0.2, 0.25) is 0 Å². The minimum atomic E-state index is -4.35. The van der Waals surface area contributed by atoms with Crippen LogP contribution in [0, 0.1) is 0 Å². The molecule has 1 rings (SSSR count). The van der Waals surface area contributed by atoms with E-state index in [1.807, 2.05) is 12.1 Å². The molecule has 1 unspecified atom stereocenters. The molecule has 0 bridgehead atoms. The largest absolute Gasteiger partial charge is 1.00 e. The third kappa shape index (κ3) is 11.1. The smallest absolute Gasteiger partial charge is 0.744 e. The van der Waals surface area contributed by atoms with E-state index in [0.29, 0.717) is 5.92 Å². The zero-order valence-electron chi connectivity index (χ0n) is 17.0. The summed E-state index contributed by atoms with van der Waals surface area (Å²) in [5.41, 5.74) is 1.18. The fourth-order valence-electron chi connectivity index (χ4n) is 3.37. The Hall–Kier alpha value is 0.130. The zero-order valence-corrected chi connectivity index (χ0v) is 19.8. The first-order valence-electron chi connectivity index (χ1n) is 10.0. The molecule has 1 atom stereocenters. The first-order chi connectivity index (χ1) is 12.0. The molecule has 0 aromatic heterocycles. The van der Waals surface area contributed by atoms with Crippen LogP contribution >= 0.6 is 0 Å². The van der Waals surface area contributed by atoms with E-state index in [9.17, 15) is 13.0 Å².